The maximum absolute atomic E-state index is 12.0. The molecule has 5 heteroatoms. The van der Waals surface area contributed by atoms with E-state index in [1.807, 2.05) is 20.8 Å². The van der Waals surface area contributed by atoms with Crippen molar-refractivity contribution < 1.29 is 14.3 Å². The molecule has 17 heavy (non-hydrogen) atoms. The zero-order chi connectivity index (χ0) is 12.7. The molecule has 2 atom stereocenters. The van der Waals surface area contributed by atoms with Crippen LogP contribution in [-0.4, -0.2) is 55.5 Å². The number of carbonyl (C=O) groups excluding carboxylic acids is 1. The molecule has 0 bridgehead atoms. The lowest BCUT2D eigenvalue weighted by molar-refractivity contribution is -0.0112. The third-order valence-electron chi connectivity index (χ3n) is 3.52. The summed E-state index contributed by atoms with van der Waals surface area (Å²) in [5.74, 6) is 0.375. The topological polar surface area (TPSA) is 50.8 Å². The molecule has 2 heterocycles. The molecule has 0 aromatic rings. The number of likely N-dealkylation sites (tertiary alicyclic amines) is 1. The highest BCUT2D eigenvalue weighted by Crippen LogP contribution is 2.34. The largest absolute Gasteiger partial charge is 0.444 e. The number of methoxy groups -OCH3 is 1. The molecule has 0 aromatic heterocycles. The van der Waals surface area contributed by atoms with Crippen LogP contribution < -0.4 is 5.32 Å². The molecule has 0 aromatic carbocycles. The van der Waals surface area contributed by atoms with Crippen LogP contribution in [0.3, 0.4) is 0 Å². The van der Waals surface area contributed by atoms with E-state index in [-0.39, 0.29) is 11.7 Å². The molecule has 1 N–H and O–H groups in total. The first kappa shape index (κ1) is 12.6. The normalized spacial score (nSPS) is 32.7. The van der Waals surface area contributed by atoms with Crippen LogP contribution in [0, 0.1) is 5.92 Å². The summed E-state index contributed by atoms with van der Waals surface area (Å²) in [6.07, 6.45) is -0.233. The van der Waals surface area contributed by atoms with Gasteiger partial charge in [-0.1, -0.05) is 0 Å². The Morgan fingerprint density at radius 1 is 1.47 bits per heavy atom. The van der Waals surface area contributed by atoms with E-state index < -0.39 is 5.60 Å². The fourth-order valence-corrected chi connectivity index (χ4v) is 2.63. The fraction of sp³-hybridized carbons (Fsp3) is 0.917. The van der Waals surface area contributed by atoms with Gasteiger partial charge in [-0.3, -0.25) is 0 Å². The number of carbonyl (C=O) groups is 1. The summed E-state index contributed by atoms with van der Waals surface area (Å²) in [7, 11) is 1.72. The summed E-state index contributed by atoms with van der Waals surface area (Å²) in [5.41, 5.74) is -0.649. The third-order valence-corrected chi connectivity index (χ3v) is 3.52. The van der Waals surface area contributed by atoms with Gasteiger partial charge in [-0.25, -0.2) is 4.79 Å². The third kappa shape index (κ3) is 2.40. The lowest BCUT2D eigenvalue weighted by Crippen LogP contribution is -2.43. The van der Waals surface area contributed by atoms with Gasteiger partial charge in [0, 0.05) is 32.7 Å². The lowest BCUT2D eigenvalue weighted by Gasteiger charge is -2.27. The molecule has 0 spiro atoms. The predicted octanol–water partition coefficient (Wildman–Crippen LogP) is 0.842. The molecule has 0 radical (unpaired) electrons. The molecule has 2 saturated heterocycles. The van der Waals surface area contributed by atoms with E-state index in [2.05, 4.69) is 5.32 Å². The second kappa shape index (κ2) is 4.14. The summed E-state index contributed by atoms with van der Waals surface area (Å²) in [4.78, 5) is 13.7. The van der Waals surface area contributed by atoms with Crippen LogP contribution >= 0.6 is 0 Å². The summed E-state index contributed by atoms with van der Waals surface area (Å²) < 4.78 is 11.0. The Hall–Kier alpha value is -0.810. The fourth-order valence-electron chi connectivity index (χ4n) is 2.63. The van der Waals surface area contributed by atoms with E-state index in [0.717, 1.165) is 19.6 Å². The molecule has 2 aliphatic rings. The molecule has 0 unspecified atom stereocenters. The Morgan fingerprint density at radius 3 is 2.71 bits per heavy atom. The van der Waals surface area contributed by atoms with Gasteiger partial charge in [0.05, 0.1) is 6.54 Å². The SMILES string of the molecule is CO[C@@]12CNC[C@H]1CN(C(=O)OC(C)(C)C)C2. The van der Waals surface area contributed by atoms with Crippen LogP contribution in [0.1, 0.15) is 20.8 Å². The van der Waals surface area contributed by atoms with E-state index in [4.69, 9.17) is 9.47 Å². The maximum Gasteiger partial charge on any atom is 0.410 e. The zero-order valence-electron chi connectivity index (χ0n) is 11.1. The van der Waals surface area contributed by atoms with Gasteiger partial charge in [0.15, 0.2) is 0 Å². The van der Waals surface area contributed by atoms with Gasteiger partial charge in [-0.15, -0.1) is 0 Å². The highest BCUT2D eigenvalue weighted by atomic mass is 16.6. The Morgan fingerprint density at radius 2 is 2.18 bits per heavy atom. The summed E-state index contributed by atoms with van der Waals surface area (Å²) in [6.45, 7) is 8.72. The number of rotatable bonds is 1. The van der Waals surface area contributed by atoms with Crippen molar-refractivity contribution in [2.45, 2.75) is 32.0 Å². The van der Waals surface area contributed by atoms with Gasteiger partial charge in [0.2, 0.25) is 0 Å². The molecule has 5 nitrogen and oxygen atoms in total. The molecule has 2 fully saturated rings. The highest BCUT2D eigenvalue weighted by molar-refractivity contribution is 5.69. The van der Waals surface area contributed by atoms with E-state index in [1.54, 1.807) is 12.0 Å². The lowest BCUT2D eigenvalue weighted by atomic mass is 9.95. The second-order valence-electron chi connectivity index (χ2n) is 5.96. The van der Waals surface area contributed by atoms with Crippen molar-refractivity contribution in [3.05, 3.63) is 0 Å². The first-order chi connectivity index (χ1) is 7.86. The van der Waals surface area contributed by atoms with Crippen molar-refractivity contribution in [2.24, 2.45) is 5.92 Å². The van der Waals surface area contributed by atoms with Crippen molar-refractivity contribution >= 4 is 6.09 Å². The van der Waals surface area contributed by atoms with Gasteiger partial charge in [0.1, 0.15) is 11.2 Å². The molecule has 2 rings (SSSR count). The molecule has 1 amide bonds. The molecule has 0 aliphatic carbocycles. The van der Waals surface area contributed by atoms with Crippen molar-refractivity contribution in [3.8, 4) is 0 Å². The van der Waals surface area contributed by atoms with E-state index in [0.29, 0.717) is 12.5 Å². The van der Waals surface area contributed by atoms with Crippen LogP contribution in [-0.2, 0) is 9.47 Å². The average molecular weight is 242 g/mol. The zero-order valence-corrected chi connectivity index (χ0v) is 11.1. The maximum atomic E-state index is 12.0. The van der Waals surface area contributed by atoms with Crippen molar-refractivity contribution in [3.63, 3.8) is 0 Å². The van der Waals surface area contributed by atoms with E-state index >= 15 is 0 Å². The first-order valence-electron chi connectivity index (χ1n) is 6.10. The Balaban J connectivity index is 2.00. The highest BCUT2D eigenvalue weighted by Gasteiger charge is 2.52. The molecule has 2 aliphatic heterocycles. The first-order valence-corrected chi connectivity index (χ1v) is 6.10. The van der Waals surface area contributed by atoms with E-state index in [9.17, 15) is 4.79 Å². The van der Waals surface area contributed by atoms with Crippen LogP contribution in [0.5, 0.6) is 0 Å². The minimum atomic E-state index is -0.437. The van der Waals surface area contributed by atoms with Gasteiger partial charge >= 0.3 is 6.09 Å². The van der Waals surface area contributed by atoms with Gasteiger partial charge in [0.25, 0.3) is 0 Å². The van der Waals surface area contributed by atoms with Gasteiger partial charge < -0.3 is 19.7 Å². The summed E-state index contributed by atoms with van der Waals surface area (Å²) >= 11 is 0. The summed E-state index contributed by atoms with van der Waals surface area (Å²) in [5, 5.41) is 3.32. The molecular weight excluding hydrogens is 220 g/mol. The van der Waals surface area contributed by atoms with Crippen LogP contribution in [0.2, 0.25) is 0 Å². The minimum absolute atomic E-state index is 0.211. The average Bonchev–Trinajstić information content (AvgIpc) is 2.70. The van der Waals surface area contributed by atoms with Crippen molar-refractivity contribution in [1.29, 1.82) is 0 Å². The van der Waals surface area contributed by atoms with Crippen LogP contribution in [0.25, 0.3) is 0 Å². The Kier molecular flexibility index (Phi) is 3.08. The molecular formula is C12H22N2O3. The number of amides is 1. The van der Waals surface area contributed by atoms with Crippen molar-refractivity contribution in [1.82, 2.24) is 10.2 Å². The van der Waals surface area contributed by atoms with Crippen LogP contribution in [0.15, 0.2) is 0 Å². The minimum Gasteiger partial charge on any atom is -0.444 e. The molecule has 98 valence electrons. The van der Waals surface area contributed by atoms with Gasteiger partial charge in [-0.2, -0.15) is 0 Å². The smallest absolute Gasteiger partial charge is 0.410 e. The quantitative estimate of drug-likeness (QED) is 0.740. The number of fused-ring (bicyclic) bond motifs is 1. The van der Waals surface area contributed by atoms with E-state index in [1.165, 1.54) is 0 Å². The number of nitrogens with one attached hydrogen (secondary N) is 1. The van der Waals surface area contributed by atoms with Crippen LogP contribution in [0.4, 0.5) is 4.79 Å². The number of nitrogens with zero attached hydrogens (tertiary/aromatic N) is 1. The van der Waals surface area contributed by atoms with Crippen molar-refractivity contribution in [2.75, 3.05) is 33.3 Å². The summed E-state index contributed by atoms with van der Waals surface area (Å²) in [6, 6.07) is 0. The standard InChI is InChI=1S/C12H22N2O3/c1-11(2,3)17-10(15)14-6-9-5-13-7-12(9,8-14)16-4/h9,13H,5-8H2,1-4H3/t9-,12+/m0/s1. The monoisotopic (exact) mass is 242 g/mol. The number of hydrogen-bond acceptors (Lipinski definition) is 4. The Bertz CT molecular complexity index is 313. The Labute approximate surface area is 102 Å². The number of ether oxygens (including phenoxy) is 2. The predicted molar refractivity (Wildman–Crippen MR) is 63.9 cm³/mol. The second-order valence-corrected chi connectivity index (χ2v) is 5.96. The molecule has 0 saturated carbocycles. The van der Waals surface area contributed by atoms with Gasteiger partial charge in [-0.05, 0) is 20.8 Å². The number of hydrogen-bond donors (Lipinski definition) is 1.